The van der Waals surface area contributed by atoms with Crippen LogP contribution in [0, 0.1) is 5.92 Å². The molecule has 1 rings (SSSR count). The van der Waals surface area contributed by atoms with Crippen LogP contribution < -0.4 is 5.73 Å². The Labute approximate surface area is 112 Å². The third-order valence-corrected chi connectivity index (χ3v) is 3.82. The van der Waals surface area contributed by atoms with E-state index >= 15 is 0 Å². The zero-order valence-electron chi connectivity index (χ0n) is 12.5. The molecule has 1 atom stereocenters. The Morgan fingerprint density at radius 3 is 2.39 bits per heavy atom. The Bertz CT molecular complexity index is 355. The molecule has 1 unspecified atom stereocenters. The fourth-order valence-corrected chi connectivity index (χ4v) is 2.51. The molecule has 0 radical (unpaired) electrons. The van der Waals surface area contributed by atoms with Gasteiger partial charge < -0.3 is 5.73 Å². The van der Waals surface area contributed by atoms with E-state index in [0.717, 1.165) is 36.7 Å². The summed E-state index contributed by atoms with van der Waals surface area (Å²) < 4.78 is 2.16. The van der Waals surface area contributed by atoms with Gasteiger partial charge in [0, 0.05) is 6.54 Å². The molecule has 0 aliphatic carbocycles. The van der Waals surface area contributed by atoms with Crippen LogP contribution in [-0.2, 0) is 19.4 Å². The molecular weight excluding hydrogens is 222 g/mol. The molecule has 0 fully saturated rings. The molecule has 0 aliphatic rings. The van der Waals surface area contributed by atoms with Gasteiger partial charge in [-0.2, -0.15) is 5.10 Å². The molecule has 0 spiro atoms. The van der Waals surface area contributed by atoms with E-state index in [-0.39, 0.29) is 0 Å². The fraction of sp³-hybridized carbons (Fsp3) is 0.800. The van der Waals surface area contributed by atoms with Crippen LogP contribution in [0.1, 0.15) is 64.8 Å². The molecule has 3 nitrogen and oxygen atoms in total. The summed E-state index contributed by atoms with van der Waals surface area (Å²) in [4.78, 5) is 0. The highest BCUT2D eigenvalue weighted by atomic mass is 15.3. The summed E-state index contributed by atoms with van der Waals surface area (Å²) in [5.41, 5.74) is 9.37. The molecule has 0 saturated heterocycles. The van der Waals surface area contributed by atoms with Crippen molar-refractivity contribution in [3.8, 4) is 0 Å². The van der Waals surface area contributed by atoms with Crippen LogP contribution in [0.4, 0.5) is 5.69 Å². The monoisotopic (exact) mass is 251 g/mol. The van der Waals surface area contributed by atoms with Crippen LogP contribution >= 0.6 is 0 Å². The smallest absolute Gasteiger partial charge is 0.0854 e. The normalized spacial score (nSPS) is 12.9. The van der Waals surface area contributed by atoms with Gasteiger partial charge in [0.25, 0.3) is 0 Å². The molecule has 18 heavy (non-hydrogen) atoms. The third-order valence-electron chi connectivity index (χ3n) is 3.82. The van der Waals surface area contributed by atoms with Crippen LogP contribution in [0.2, 0.25) is 0 Å². The molecular formula is C15H29N3. The van der Waals surface area contributed by atoms with Gasteiger partial charge in [-0.3, -0.25) is 4.68 Å². The molecule has 104 valence electrons. The van der Waals surface area contributed by atoms with E-state index in [9.17, 15) is 0 Å². The van der Waals surface area contributed by atoms with Gasteiger partial charge in [-0.25, -0.2) is 0 Å². The summed E-state index contributed by atoms with van der Waals surface area (Å²) in [5.74, 6) is 0.735. The van der Waals surface area contributed by atoms with Crippen molar-refractivity contribution in [2.75, 3.05) is 5.73 Å². The average molecular weight is 251 g/mol. The second-order valence-corrected chi connectivity index (χ2v) is 5.11. The Morgan fingerprint density at radius 1 is 1.17 bits per heavy atom. The lowest BCUT2D eigenvalue weighted by Crippen LogP contribution is -2.14. The van der Waals surface area contributed by atoms with Gasteiger partial charge in [0.1, 0.15) is 0 Å². The van der Waals surface area contributed by atoms with E-state index in [4.69, 9.17) is 5.73 Å². The van der Waals surface area contributed by atoms with Crippen LogP contribution in [0.15, 0.2) is 0 Å². The van der Waals surface area contributed by atoms with Crippen molar-refractivity contribution < 1.29 is 0 Å². The van der Waals surface area contributed by atoms with E-state index in [1.165, 1.54) is 31.4 Å². The summed E-state index contributed by atoms with van der Waals surface area (Å²) in [6.07, 6.45) is 7.03. The number of nitrogens with zero attached hydrogens (tertiary/aromatic N) is 2. The maximum Gasteiger partial charge on any atom is 0.0854 e. The first-order chi connectivity index (χ1) is 8.67. The van der Waals surface area contributed by atoms with E-state index < -0.39 is 0 Å². The highest BCUT2D eigenvalue weighted by Crippen LogP contribution is 2.22. The predicted molar refractivity (Wildman–Crippen MR) is 78.7 cm³/mol. The van der Waals surface area contributed by atoms with Gasteiger partial charge in [-0.15, -0.1) is 0 Å². The van der Waals surface area contributed by atoms with Crippen molar-refractivity contribution in [1.82, 2.24) is 9.78 Å². The second-order valence-electron chi connectivity index (χ2n) is 5.11. The number of aromatic nitrogens is 2. The zero-order valence-corrected chi connectivity index (χ0v) is 12.5. The number of nitrogen functional groups attached to an aromatic ring is 1. The highest BCUT2D eigenvalue weighted by molar-refractivity contribution is 5.48. The van der Waals surface area contributed by atoms with Crippen molar-refractivity contribution >= 4 is 5.69 Å². The molecule has 2 N–H and O–H groups in total. The zero-order chi connectivity index (χ0) is 13.5. The van der Waals surface area contributed by atoms with Crippen molar-refractivity contribution in [2.45, 2.75) is 72.8 Å². The lowest BCUT2D eigenvalue weighted by atomic mass is 9.99. The lowest BCUT2D eigenvalue weighted by molar-refractivity contribution is 0.365. The number of hydrogen-bond donors (Lipinski definition) is 1. The molecule has 0 amide bonds. The molecule has 0 saturated carbocycles. The largest absolute Gasteiger partial charge is 0.396 e. The van der Waals surface area contributed by atoms with Gasteiger partial charge in [-0.1, -0.05) is 47.0 Å². The topological polar surface area (TPSA) is 43.8 Å². The Morgan fingerprint density at radius 2 is 1.89 bits per heavy atom. The van der Waals surface area contributed by atoms with Crippen molar-refractivity contribution in [1.29, 1.82) is 0 Å². The minimum atomic E-state index is 0.735. The number of nitrogens with two attached hydrogens (primary N) is 1. The molecule has 3 heteroatoms. The summed E-state index contributed by atoms with van der Waals surface area (Å²) in [7, 11) is 0. The second kappa shape index (κ2) is 7.45. The molecule has 0 aliphatic heterocycles. The number of aryl methyl sites for hydroxylation is 1. The third kappa shape index (κ3) is 3.50. The van der Waals surface area contributed by atoms with Gasteiger partial charge in [0.15, 0.2) is 0 Å². The van der Waals surface area contributed by atoms with Crippen LogP contribution in [0.25, 0.3) is 0 Å². The van der Waals surface area contributed by atoms with E-state index in [0.29, 0.717) is 0 Å². The predicted octanol–water partition coefficient (Wildman–Crippen LogP) is 3.81. The van der Waals surface area contributed by atoms with Gasteiger partial charge in [0.05, 0.1) is 17.1 Å². The van der Waals surface area contributed by atoms with Crippen molar-refractivity contribution in [3.05, 3.63) is 11.4 Å². The Kier molecular flexibility index (Phi) is 6.23. The molecule has 1 heterocycles. The minimum absolute atomic E-state index is 0.735. The first-order valence-electron chi connectivity index (χ1n) is 7.51. The van der Waals surface area contributed by atoms with E-state index in [2.05, 4.69) is 37.5 Å². The lowest BCUT2D eigenvalue weighted by Gasteiger charge is -2.16. The average Bonchev–Trinajstić information content (AvgIpc) is 2.69. The standard InChI is InChI=1S/C15H29N3/c1-5-9-10-12(6-2)11-18-14(8-4)15(16)13(7-3)17-18/h12H,5-11,16H2,1-4H3. The number of anilines is 1. The quantitative estimate of drug-likeness (QED) is 0.763. The van der Waals surface area contributed by atoms with E-state index in [1.807, 2.05) is 0 Å². The number of hydrogen-bond acceptors (Lipinski definition) is 2. The van der Waals surface area contributed by atoms with Gasteiger partial charge >= 0.3 is 0 Å². The Balaban J connectivity index is 2.81. The SMILES string of the molecule is CCCCC(CC)Cn1nc(CC)c(N)c1CC. The van der Waals surface area contributed by atoms with Crippen LogP contribution in [0.5, 0.6) is 0 Å². The summed E-state index contributed by atoms with van der Waals surface area (Å²) >= 11 is 0. The molecule has 1 aromatic rings. The Hall–Kier alpha value is -0.990. The van der Waals surface area contributed by atoms with Crippen LogP contribution in [0.3, 0.4) is 0 Å². The molecule has 0 bridgehead atoms. The summed E-state index contributed by atoms with van der Waals surface area (Å²) in [5, 5.41) is 4.69. The molecule has 1 aromatic heterocycles. The minimum Gasteiger partial charge on any atom is -0.396 e. The van der Waals surface area contributed by atoms with Crippen LogP contribution in [-0.4, -0.2) is 9.78 Å². The van der Waals surface area contributed by atoms with Crippen molar-refractivity contribution in [3.63, 3.8) is 0 Å². The number of unbranched alkanes of at least 4 members (excludes halogenated alkanes) is 1. The summed E-state index contributed by atoms with van der Waals surface area (Å²) in [6.45, 7) is 9.85. The van der Waals surface area contributed by atoms with Gasteiger partial charge in [0.2, 0.25) is 0 Å². The maximum absolute atomic E-state index is 6.16. The van der Waals surface area contributed by atoms with Gasteiger partial charge in [-0.05, 0) is 25.2 Å². The van der Waals surface area contributed by atoms with Crippen molar-refractivity contribution in [2.24, 2.45) is 5.92 Å². The fourth-order valence-electron chi connectivity index (χ4n) is 2.51. The first-order valence-corrected chi connectivity index (χ1v) is 7.51. The molecule has 0 aromatic carbocycles. The van der Waals surface area contributed by atoms with E-state index in [1.54, 1.807) is 0 Å². The number of rotatable bonds is 8. The summed E-state index contributed by atoms with van der Waals surface area (Å²) in [6, 6.07) is 0. The maximum atomic E-state index is 6.16. The first kappa shape index (κ1) is 15.1. The highest BCUT2D eigenvalue weighted by Gasteiger charge is 2.15.